The molecule has 2 aromatic heterocycles. The van der Waals surface area contributed by atoms with Gasteiger partial charge in [0, 0.05) is 36.7 Å². The summed E-state index contributed by atoms with van der Waals surface area (Å²) in [6, 6.07) is 1.47. The fourth-order valence-corrected chi connectivity index (χ4v) is 4.65. The number of aromatic nitrogens is 3. The Labute approximate surface area is 162 Å². The van der Waals surface area contributed by atoms with Gasteiger partial charge in [-0.05, 0) is 45.7 Å². The monoisotopic (exact) mass is 387 g/mol. The van der Waals surface area contributed by atoms with E-state index in [1.165, 1.54) is 30.2 Å². The fraction of sp³-hybridized carbons (Fsp3) is 0.579. The Morgan fingerprint density at radius 2 is 2.00 bits per heavy atom. The second kappa shape index (κ2) is 7.90. The Bertz CT molecular complexity index is 836. The Balaban J connectivity index is 1.42. The van der Waals surface area contributed by atoms with Gasteiger partial charge in [0.2, 0.25) is 5.91 Å². The topological polar surface area (TPSA) is 82.2 Å². The number of nitrogens with zero attached hydrogens (tertiary/aromatic N) is 4. The Morgan fingerprint density at radius 1 is 1.26 bits per heavy atom. The van der Waals surface area contributed by atoms with Crippen LogP contribution >= 0.6 is 11.3 Å². The van der Waals surface area contributed by atoms with Crippen LogP contribution < -0.4 is 5.56 Å². The highest BCUT2D eigenvalue weighted by Gasteiger charge is 2.31. The molecule has 0 aromatic carbocycles. The summed E-state index contributed by atoms with van der Waals surface area (Å²) in [5, 5.41) is 2.64. The predicted molar refractivity (Wildman–Crippen MR) is 105 cm³/mol. The first kappa shape index (κ1) is 18.3. The summed E-state index contributed by atoms with van der Waals surface area (Å²) < 4.78 is 0. The number of carbonyl (C=O) groups is 1. The van der Waals surface area contributed by atoms with Gasteiger partial charge >= 0.3 is 0 Å². The van der Waals surface area contributed by atoms with Crippen LogP contribution in [0.15, 0.2) is 22.4 Å². The van der Waals surface area contributed by atoms with Gasteiger partial charge < -0.3 is 9.88 Å². The molecule has 0 aliphatic carbocycles. The lowest BCUT2D eigenvalue weighted by Crippen LogP contribution is -2.48. The van der Waals surface area contributed by atoms with E-state index in [2.05, 4.69) is 19.9 Å². The zero-order chi connectivity index (χ0) is 18.8. The lowest BCUT2D eigenvalue weighted by atomic mass is 9.95. The van der Waals surface area contributed by atoms with Crippen molar-refractivity contribution in [2.75, 3.05) is 26.2 Å². The molecule has 1 amide bonds. The number of H-pyrrole nitrogens is 1. The molecular formula is C19H25N5O2S. The number of nitrogens with one attached hydrogen (secondary N) is 1. The maximum Gasteiger partial charge on any atom is 0.251 e. The van der Waals surface area contributed by atoms with E-state index >= 15 is 0 Å². The molecule has 2 saturated heterocycles. The zero-order valence-corrected chi connectivity index (χ0v) is 16.4. The number of carbonyl (C=O) groups excluding carboxylic acids is 1. The number of likely N-dealkylation sites (tertiary alicyclic amines) is 2. The highest BCUT2D eigenvalue weighted by Crippen LogP contribution is 2.27. The normalized spacial score (nSPS) is 20.1. The summed E-state index contributed by atoms with van der Waals surface area (Å²) in [6.07, 6.45) is 5.74. The number of piperidine rings is 1. The van der Waals surface area contributed by atoms with Crippen LogP contribution in [0.3, 0.4) is 0 Å². The van der Waals surface area contributed by atoms with Crippen LogP contribution in [0, 0.1) is 0 Å². The lowest BCUT2D eigenvalue weighted by Gasteiger charge is -2.35. The van der Waals surface area contributed by atoms with Crippen molar-refractivity contribution in [2.45, 2.75) is 44.6 Å². The second-order valence-electron chi connectivity index (χ2n) is 7.37. The first-order valence-electron chi connectivity index (χ1n) is 9.66. The van der Waals surface area contributed by atoms with Crippen molar-refractivity contribution in [3.63, 3.8) is 0 Å². The number of aromatic amines is 1. The summed E-state index contributed by atoms with van der Waals surface area (Å²) in [6.45, 7) is 5.51. The van der Waals surface area contributed by atoms with Crippen LogP contribution in [0.5, 0.6) is 0 Å². The van der Waals surface area contributed by atoms with Crippen LogP contribution in [0.2, 0.25) is 0 Å². The average Bonchev–Trinajstić information content (AvgIpc) is 3.40. The molecule has 27 heavy (non-hydrogen) atoms. The van der Waals surface area contributed by atoms with Crippen molar-refractivity contribution in [1.82, 2.24) is 24.8 Å². The van der Waals surface area contributed by atoms with E-state index in [0.29, 0.717) is 24.6 Å². The summed E-state index contributed by atoms with van der Waals surface area (Å²) in [5.41, 5.74) is 0.483. The summed E-state index contributed by atoms with van der Waals surface area (Å²) in [4.78, 5) is 40.9. The van der Waals surface area contributed by atoms with Crippen LogP contribution in [0.4, 0.5) is 0 Å². The third-order valence-corrected chi connectivity index (χ3v) is 6.45. The van der Waals surface area contributed by atoms with Gasteiger partial charge in [-0.25, -0.2) is 9.97 Å². The van der Waals surface area contributed by atoms with Crippen LogP contribution in [-0.4, -0.2) is 62.9 Å². The molecule has 1 atom stereocenters. The molecule has 2 aliphatic heterocycles. The van der Waals surface area contributed by atoms with E-state index in [0.717, 1.165) is 30.9 Å². The molecule has 0 radical (unpaired) electrons. The minimum Gasteiger partial charge on any atom is -0.341 e. The van der Waals surface area contributed by atoms with Crippen molar-refractivity contribution in [1.29, 1.82) is 0 Å². The van der Waals surface area contributed by atoms with Crippen molar-refractivity contribution in [2.24, 2.45) is 0 Å². The molecular weight excluding hydrogens is 362 g/mol. The van der Waals surface area contributed by atoms with Gasteiger partial charge in [0.05, 0.1) is 6.04 Å². The van der Waals surface area contributed by atoms with Crippen molar-refractivity contribution in [3.05, 3.63) is 33.8 Å². The fourth-order valence-electron chi connectivity index (χ4n) is 4.05. The Morgan fingerprint density at radius 3 is 2.67 bits per heavy atom. The van der Waals surface area contributed by atoms with Gasteiger partial charge in [0.25, 0.3) is 5.56 Å². The first-order chi connectivity index (χ1) is 13.1. The SMILES string of the molecule is CC(C(=O)N1CCC(c2nc(-c3nccs3)cc(=O)[nH]2)CC1)N1CCCC1. The minimum atomic E-state index is -0.147. The molecule has 2 aromatic rings. The second-order valence-corrected chi connectivity index (χ2v) is 8.27. The number of hydrogen-bond donors (Lipinski definition) is 1. The molecule has 4 heterocycles. The zero-order valence-electron chi connectivity index (χ0n) is 15.6. The van der Waals surface area contributed by atoms with Gasteiger partial charge in [-0.15, -0.1) is 11.3 Å². The third kappa shape index (κ3) is 3.96. The number of thiazole rings is 1. The standard InChI is InChI=1S/C19H25N5O2S/c1-13(23-7-2-3-8-23)19(26)24-9-4-14(5-10-24)17-21-15(12-16(25)22-17)18-20-6-11-27-18/h6,11-14H,2-5,7-10H2,1H3,(H,21,22,25). The molecule has 8 heteroatoms. The third-order valence-electron chi connectivity index (χ3n) is 5.65. The maximum absolute atomic E-state index is 12.8. The van der Waals surface area contributed by atoms with E-state index in [1.807, 2.05) is 17.2 Å². The highest BCUT2D eigenvalue weighted by atomic mass is 32.1. The maximum atomic E-state index is 12.8. The quantitative estimate of drug-likeness (QED) is 0.869. The van der Waals surface area contributed by atoms with Crippen molar-refractivity contribution < 1.29 is 4.79 Å². The number of hydrogen-bond acceptors (Lipinski definition) is 6. The van der Waals surface area contributed by atoms with E-state index in [9.17, 15) is 9.59 Å². The number of amides is 1. The highest BCUT2D eigenvalue weighted by molar-refractivity contribution is 7.13. The van der Waals surface area contributed by atoms with Crippen molar-refractivity contribution in [3.8, 4) is 10.7 Å². The molecule has 1 N–H and O–H groups in total. The molecule has 2 aliphatic rings. The molecule has 1 unspecified atom stereocenters. The largest absolute Gasteiger partial charge is 0.341 e. The van der Waals surface area contributed by atoms with Gasteiger partial charge in [-0.2, -0.15) is 0 Å². The smallest absolute Gasteiger partial charge is 0.251 e. The Kier molecular flexibility index (Phi) is 5.36. The Hall–Kier alpha value is -2.06. The summed E-state index contributed by atoms with van der Waals surface area (Å²) in [7, 11) is 0. The summed E-state index contributed by atoms with van der Waals surface area (Å²) in [5.74, 6) is 1.12. The van der Waals surface area contributed by atoms with E-state index in [-0.39, 0.29) is 23.4 Å². The van der Waals surface area contributed by atoms with Crippen molar-refractivity contribution >= 4 is 17.2 Å². The minimum absolute atomic E-state index is 0.0322. The van der Waals surface area contributed by atoms with Crippen LogP contribution in [-0.2, 0) is 4.79 Å². The molecule has 2 fully saturated rings. The van der Waals surface area contributed by atoms with Crippen LogP contribution in [0.25, 0.3) is 10.7 Å². The molecule has 4 rings (SSSR count). The number of rotatable bonds is 4. The lowest BCUT2D eigenvalue weighted by molar-refractivity contribution is -0.137. The van der Waals surface area contributed by atoms with E-state index < -0.39 is 0 Å². The van der Waals surface area contributed by atoms with Gasteiger partial charge in [-0.1, -0.05) is 0 Å². The molecule has 0 spiro atoms. The molecule has 0 saturated carbocycles. The van der Waals surface area contributed by atoms with E-state index in [4.69, 9.17) is 0 Å². The summed E-state index contributed by atoms with van der Waals surface area (Å²) >= 11 is 1.48. The van der Waals surface area contributed by atoms with Gasteiger partial charge in [0.1, 0.15) is 16.5 Å². The predicted octanol–water partition coefficient (Wildman–Crippen LogP) is 2.08. The van der Waals surface area contributed by atoms with Crippen LogP contribution in [0.1, 0.15) is 44.3 Å². The van der Waals surface area contributed by atoms with Gasteiger partial charge in [-0.3, -0.25) is 14.5 Å². The average molecular weight is 388 g/mol. The van der Waals surface area contributed by atoms with Gasteiger partial charge in [0.15, 0.2) is 0 Å². The molecule has 144 valence electrons. The molecule has 7 nitrogen and oxygen atoms in total. The first-order valence-corrected chi connectivity index (χ1v) is 10.5. The molecule has 0 bridgehead atoms. The van der Waals surface area contributed by atoms with E-state index in [1.54, 1.807) is 6.20 Å².